The van der Waals surface area contributed by atoms with Crippen molar-refractivity contribution < 1.29 is 95.1 Å². The van der Waals surface area contributed by atoms with Crippen molar-refractivity contribution >= 4 is 24.2 Å². The van der Waals surface area contributed by atoms with Crippen molar-refractivity contribution in [1.29, 1.82) is 0 Å². The van der Waals surface area contributed by atoms with E-state index in [1.165, 1.54) is 13.8 Å². The maximum absolute atomic E-state index is 12.6. The van der Waals surface area contributed by atoms with E-state index in [0.29, 0.717) is 19.4 Å². The number of esters is 2. The summed E-state index contributed by atoms with van der Waals surface area (Å²) in [6.07, 6.45) is -7.85. The minimum absolute atomic E-state index is 0.00513. The van der Waals surface area contributed by atoms with E-state index in [2.05, 4.69) is 70.6 Å². The highest BCUT2D eigenvalue weighted by Gasteiger charge is 2.55. The zero-order valence-corrected chi connectivity index (χ0v) is 53.3. The molecule has 5 aliphatic heterocycles. The van der Waals surface area contributed by atoms with Gasteiger partial charge in [0.15, 0.2) is 31.5 Å². The second-order valence-electron chi connectivity index (χ2n) is 24.1. The molecule has 23 heteroatoms. The van der Waals surface area contributed by atoms with Gasteiger partial charge in [-0.1, -0.05) is 158 Å². The van der Waals surface area contributed by atoms with Gasteiger partial charge < -0.3 is 66.3 Å². The van der Waals surface area contributed by atoms with E-state index in [-0.39, 0.29) is 85.4 Å². The van der Waals surface area contributed by atoms with Gasteiger partial charge in [-0.2, -0.15) is 19.2 Å². The third-order valence-electron chi connectivity index (χ3n) is 18.6. The zero-order chi connectivity index (χ0) is 64.9. The van der Waals surface area contributed by atoms with Crippen LogP contribution in [-0.4, -0.2) is 157 Å². The second-order valence-corrected chi connectivity index (χ2v) is 24.1. The maximum Gasteiger partial charge on any atom is 0.373 e. The predicted octanol–water partition coefficient (Wildman–Crippen LogP) is 8.88. The SMILES string of the molecule is COC1C(C)[C@H](O[C@@H]2C(COCc3ccccc3)O[C@H](OC)C(C)[C@H]2C)O[C@@H](Cc2ccccc2)[C@H]1O[C@H]1O[C@@H](COC(C)=O)[C@@H](O[C@@H]2OC(Cc3ccccc3)[C@@H](O[C@H]3OC(COC(C)=O)[C@@H](C)[C@H](C)C3N=[N+]=[N-])[C@H](C)C2C)C(C)C1C.O=C=O.O=C=O. The first-order valence-corrected chi connectivity index (χ1v) is 30.7. The van der Waals surface area contributed by atoms with Crippen molar-refractivity contribution in [1.82, 2.24) is 0 Å². The first-order chi connectivity index (χ1) is 42.7. The quantitative estimate of drug-likeness (QED) is 0.0371. The van der Waals surface area contributed by atoms with Crippen molar-refractivity contribution in [2.45, 2.75) is 194 Å². The Morgan fingerprint density at radius 2 is 0.809 bits per heavy atom. The lowest BCUT2D eigenvalue weighted by atomic mass is 9.80. The average Bonchev–Trinajstić information content (AvgIpc) is 1.64. The molecule has 23 nitrogen and oxygen atoms in total. The van der Waals surface area contributed by atoms with Crippen LogP contribution in [0.3, 0.4) is 0 Å². The fourth-order valence-corrected chi connectivity index (χ4v) is 12.7. The molecule has 3 aromatic rings. The molecule has 3 aromatic carbocycles. The lowest BCUT2D eigenvalue weighted by Crippen LogP contribution is -2.62. The van der Waals surface area contributed by atoms with E-state index < -0.39 is 110 Å². The summed E-state index contributed by atoms with van der Waals surface area (Å²) in [4.78, 5) is 60.2. The van der Waals surface area contributed by atoms with Crippen molar-refractivity contribution in [2.24, 2.45) is 58.4 Å². The Bertz CT molecular complexity index is 2710. The van der Waals surface area contributed by atoms with Crippen LogP contribution in [0, 0.1) is 53.3 Å². The predicted molar refractivity (Wildman–Crippen MR) is 316 cm³/mol. The minimum Gasteiger partial charge on any atom is -0.463 e. The lowest BCUT2D eigenvalue weighted by Gasteiger charge is -2.52. The summed E-state index contributed by atoms with van der Waals surface area (Å²) in [6.45, 7) is 22.0. The Kier molecular flexibility index (Phi) is 29.0. The maximum atomic E-state index is 12.6. The number of benzene rings is 3. The number of hydrogen-bond donors (Lipinski definition) is 0. The van der Waals surface area contributed by atoms with Gasteiger partial charge in [-0.05, 0) is 51.8 Å². The third-order valence-corrected chi connectivity index (χ3v) is 18.6. The molecule has 0 bridgehead atoms. The van der Waals surface area contributed by atoms with Crippen LogP contribution in [0.5, 0.6) is 0 Å². The highest BCUT2D eigenvalue weighted by atomic mass is 16.8. The smallest absolute Gasteiger partial charge is 0.373 e. The summed E-state index contributed by atoms with van der Waals surface area (Å²) >= 11 is 0. The van der Waals surface area contributed by atoms with Crippen molar-refractivity contribution in [3.8, 4) is 0 Å². The number of ether oxygens (including phenoxy) is 14. The molecule has 5 aliphatic rings. The number of nitrogens with zero attached hydrogens (tertiary/aromatic N) is 3. The van der Waals surface area contributed by atoms with Crippen LogP contribution < -0.4 is 0 Å². The van der Waals surface area contributed by atoms with E-state index in [1.807, 2.05) is 92.7 Å². The first-order valence-electron chi connectivity index (χ1n) is 30.7. The van der Waals surface area contributed by atoms with Gasteiger partial charge in [0.05, 0.1) is 62.0 Å². The van der Waals surface area contributed by atoms with Gasteiger partial charge in [-0.15, -0.1) is 0 Å². The summed E-state index contributed by atoms with van der Waals surface area (Å²) in [5, 5.41) is 4.19. The van der Waals surface area contributed by atoms with Crippen LogP contribution in [0.25, 0.3) is 10.4 Å². The second kappa shape index (κ2) is 35.7. The van der Waals surface area contributed by atoms with Crippen molar-refractivity contribution in [2.75, 3.05) is 34.0 Å². The topological polar surface area (TPSA) is 280 Å². The van der Waals surface area contributed by atoms with Crippen LogP contribution in [0.4, 0.5) is 0 Å². The average molecular weight is 1250 g/mol. The molecule has 0 N–H and O–H groups in total. The number of methoxy groups -OCH3 is 2. The first kappa shape index (κ1) is 72.3. The fourth-order valence-electron chi connectivity index (χ4n) is 12.7. The Morgan fingerprint density at radius 1 is 0.438 bits per heavy atom. The molecular weight excluding hydrogens is 1150 g/mol. The molecule has 0 amide bonds. The van der Waals surface area contributed by atoms with E-state index in [1.54, 1.807) is 14.2 Å². The van der Waals surface area contributed by atoms with Crippen LogP contribution in [0.1, 0.15) is 92.9 Å². The number of carbonyl (C=O) groups is 2. The molecule has 5 heterocycles. The summed E-state index contributed by atoms with van der Waals surface area (Å²) < 4.78 is 92.7. The summed E-state index contributed by atoms with van der Waals surface area (Å²) in [5.41, 5.74) is 12.9. The van der Waals surface area contributed by atoms with Crippen LogP contribution in [0.15, 0.2) is 96.1 Å². The number of hydrogen-bond acceptors (Lipinski definition) is 21. The van der Waals surface area contributed by atoms with Crippen LogP contribution >= 0.6 is 0 Å². The van der Waals surface area contributed by atoms with Crippen LogP contribution in [-0.2, 0) is 115 Å². The van der Waals surface area contributed by atoms with Gasteiger partial charge >= 0.3 is 24.2 Å². The Morgan fingerprint density at radius 3 is 1.27 bits per heavy atom. The van der Waals surface area contributed by atoms with E-state index in [9.17, 15) is 15.1 Å². The number of carbonyl (C=O) groups excluding carboxylic acids is 6. The summed E-state index contributed by atoms with van der Waals surface area (Å²) in [7, 11) is 3.35. The van der Waals surface area contributed by atoms with E-state index >= 15 is 0 Å². The lowest BCUT2D eigenvalue weighted by molar-refractivity contribution is -0.370. The normalized spacial score (nSPS) is 36.8. The fraction of sp³-hybridized carbons (Fsp3) is 0.667. The largest absolute Gasteiger partial charge is 0.463 e. The van der Waals surface area contributed by atoms with Gasteiger partial charge in [0.2, 0.25) is 0 Å². The molecule has 0 aromatic heterocycles. The van der Waals surface area contributed by atoms with Gasteiger partial charge in [-0.3, -0.25) is 9.59 Å². The molecule has 10 unspecified atom stereocenters. The zero-order valence-electron chi connectivity index (χ0n) is 53.3. The Balaban J connectivity index is 0.00000202. The molecule has 490 valence electrons. The molecule has 89 heavy (non-hydrogen) atoms. The highest BCUT2D eigenvalue weighted by molar-refractivity contribution is 5.66. The Labute approximate surface area is 522 Å². The molecule has 0 spiro atoms. The molecule has 8 rings (SSSR count). The van der Waals surface area contributed by atoms with E-state index in [0.717, 1.165) is 16.7 Å². The molecule has 25 atom stereocenters. The number of azide groups is 1. The van der Waals surface area contributed by atoms with E-state index in [4.69, 9.17) is 85.5 Å². The number of rotatable bonds is 23. The summed E-state index contributed by atoms with van der Waals surface area (Å²) in [6, 6.07) is 29.5. The Hall–Kier alpha value is -5.81. The summed E-state index contributed by atoms with van der Waals surface area (Å²) in [5.74, 6) is -2.41. The van der Waals surface area contributed by atoms with Crippen molar-refractivity contribution in [3.63, 3.8) is 0 Å². The van der Waals surface area contributed by atoms with Gasteiger partial charge in [0, 0.05) is 69.5 Å². The third kappa shape index (κ3) is 19.4. The molecule has 5 saturated heterocycles. The molecule has 0 saturated carbocycles. The van der Waals surface area contributed by atoms with Gasteiger partial charge in [0.1, 0.15) is 31.5 Å². The van der Waals surface area contributed by atoms with Crippen molar-refractivity contribution in [3.05, 3.63) is 118 Å². The molecule has 0 aliphatic carbocycles. The van der Waals surface area contributed by atoms with Crippen LogP contribution in [0.2, 0.25) is 0 Å². The minimum atomic E-state index is -0.957. The molecular formula is C66H91N3O20. The highest BCUT2D eigenvalue weighted by Crippen LogP contribution is 2.45. The monoisotopic (exact) mass is 1250 g/mol. The molecule has 5 fully saturated rings. The standard InChI is InChI=1S/C64H91N3O16.2CO2/c1-35-36(2)54(66-67-65)64(77-51(35)33-73-44(10)68)82-55-38(4)41(7)61(75-49(55)29-46-23-17-14-18-24-46)80-57-39(5)42(8)62(79-53(57)34-74-45(11)69)83-59-50(30-47-25-19-15-20-26-47)76-63(43(9)58(59)70-12)81-56-37(3)40(6)60(71-13)78-52(56)32-72-31-48-27-21-16-22-28-48;2*2-1-3/h14-28,35-43,49-64H,29-34H2,1-13H3;;/t35-,36-,37+,38+,39?,40?,41?,42?,43?,49?,50-,51?,52?,53-,54?,55-,56-,57-,58?,59+,60-,61-,62+,63-,64+;;/m0../s1. The van der Waals surface area contributed by atoms with Gasteiger partial charge in [0.25, 0.3) is 0 Å². The molecule has 0 radical (unpaired) electrons. The van der Waals surface area contributed by atoms with Gasteiger partial charge in [-0.25, -0.2) is 0 Å².